The third-order valence-corrected chi connectivity index (χ3v) is 8.95. The van der Waals surface area contributed by atoms with E-state index in [2.05, 4.69) is 12.2 Å². The van der Waals surface area contributed by atoms with E-state index >= 15 is 0 Å². The second kappa shape index (κ2) is 7.19. The molecular weight excluding hydrogens is 376 g/mol. The summed E-state index contributed by atoms with van der Waals surface area (Å²) in [6.45, 7) is 2.59. The van der Waals surface area contributed by atoms with Crippen LogP contribution in [0.15, 0.2) is 22.4 Å². The van der Waals surface area contributed by atoms with Crippen LogP contribution >= 0.6 is 22.7 Å². The van der Waals surface area contributed by atoms with Crippen molar-refractivity contribution in [3.8, 4) is 0 Å². The minimum absolute atomic E-state index is 0.0857. The van der Waals surface area contributed by atoms with Crippen molar-refractivity contribution in [2.75, 3.05) is 14.1 Å². The maximum absolute atomic E-state index is 12.4. The lowest BCUT2D eigenvalue weighted by Gasteiger charge is -2.16. The molecule has 1 aliphatic carbocycles. The number of thiophene rings is 2. The molecule has 2 aromatic heterocycles. The molecule has 2 aromatic rings. The molecule has 1 aliphatic rings. The van der Waals surface area contributed by atoms with Gasteiger partial charge in [0.15, 0.2) is 0 Å². The number of aryl methyl sites for hydroxylation is 1. The van der Waals surface area contributed by atoms with Crippen molar-refractivity contribution in [2.24, 2.45) is 5.92 Å². The molecule has 1 amide bonds. The van der Waals surface area contributed by atoms with Crippen LogP contribution in [0.25, 0.3) is 0 Å². The number of amides is 1. The maximum atomic E-state index is 12.4. The summed E-state index contributed by atoms with van der Waals surface area (Å²) in [6.07, 6.45) is 3.30. The number of nitrogens with zero attached hydrogens (tertiary/aromatic N) is 1. The van der Waals surface area contributed by atoms with Crippen LogP contribution in [0.1, 0.15) is 38.3 Å². The lowest BCUT2D eigenvalue weighted by atomic mass is 9.90. The van der Waals surface area contributed by atoms with E-state index in [1.54, 1.807) is 23.5 Å². The average molecular weight is 399 g/mol. The number of rotatable bonds is 5. The third kappa shape index (κ3) is 3.97. The summed E-state index contributed by atoms with van der Waals surface area (Å²) < 4.78 is 25.7. The Morgan fingerprint density at radius 1 is 1.32 bits per heavy atom. The van der Waals surface area contributed by atoms with Gasteiger partial charge in [0.2, 0.25) is 0 Å². The number of carbonyl (C=O) groups is 1. The van der Waals surface area contributed by atoms with E-state index < -0.39 is 10.0 Å². The predicted molar refractivity (Wildman–Crippen MR) is 102 cm³/mol. The number of nitrogens with one attached hydrogen (secondary N) is 1. The molecule has 3 rings (SSSR count). The van der Waals surface area contributed by atoms with Crippen LogP contribution in [-0.2, 0) is 29.4 Å². The molecule has 1 atom stereocenters. The van der Waals surface area contributed by atoms with Crippen molar-refractivity contribution in [3.05, 3.63) is 38.4 Å². The fourth-order valence-electron chi connectivity index (χ4n) is 2.84. The zero-order valence-corrected chi connectivity index (χ0v) is 17.0. The summed E-state index contributed by atoms with van der Waals surface area (Å²) >= 11 is 2.77. The molecule has 5 nitrogen and oxygen atoms in total. The monoisotopic (exact) mass is 398 g/mol. The Labute approximate surface area is 156 Å². The van der Waals surface area contributed by atoms with Crippen molar-refractivity contribution < 1.29 is 13.2 Å². The largest absolute Gasteiger partial charge is 0.346 e. The SMILES string of the molecule is CC1CCc2sc(C(=O)NCc3ccc(S(=O)(=O)N(C)C)s3)cc2C1. The number of sulfonamides is 1. The first-order chi connectivity index (χ1) is 11.8. The predicted octanol–water partition coefficient (Wildman–Crippen LogP) is 3.11. The molecule has 25 heavy (non-hydrogen) atoms. The Kier molecular flexibility index (Phi) is 5.34. The van der Waals surface area contributed by atoms with Crippen molar-refractivity contribution in [1.29, 1.82) is 0 Å². The average Bonchev–Trinajstić information content (AvgIpc) is 3.19. The zero-order chi connectivity index (χ0) is 18.2. The van der Waals surface area contributed by atoms with Gasteiger partial charge in [0.1, 0.15) is 4.21 Å². The van der Waals surface area contributed by atoms with Crippen LogP contribution in [-0.4, -0.2) is 32.7 Å². The Morgan fingerprint density at radius 2 is 2.08 bits per heavy atom. The van der Waals surface area contributed by atoms with Gasteiger partial charge in [-0.2, -0.15) is 0 Å². The van der Waals surface area contributed by atoms with Crippen molar-refractivity contribution in [2.45, 2.75) is 36.9 Å². The molecule has 0 fully saturated rings. The number of hydrogen-bond donors (Lipinski definition) is 1. The topological polar surface area (TPSA) is 66.5 Å². The molecule has 1 N–H and O–H groups in total. The molecule has 0 saturated heterocycles. The summed E-state index contributed by atoms with van der Waals surface area (Å²) in [5.74, 6) is 0.596. The van der Waals surface area contributed by atoms with E-state index in [1.165, 1.54) is 46.6 Å². The second-order valence-corrected chi connectivity index (χ2v) is 11.3. The molecule has 0 aromatic carbocycles. The maximum Gasteiger partial charge on any atom is 0.261 e. The lowest BCUT2D eigenvalue weighted by molar-refractivity contribution is 0.0955. The molecule has 0 aliphatic heterocycles. The van der Waals surface area contributed by atoms with Gasteiger partial charge in [-0.25, -0.2) is 12.7 Å². The molecule has 0 spiro atoms. The lowest BCUT2D eigenvalue weighted by Crippen LogP contribution is -2.21. The first-order valence-electron chi connectivity index (χ1n) is 8.18. The minimum atomic E-state index is -3.41. The quantitative estimate of drug-likeness (QED) is 0.841. The van der Waals surface area contributed by atoms with Gasteiger partial charge in [-0.3, -0.25) is 4.79 Å². The van der Waals surface area contributed by atoms with Crippen molar-refractivity contribution in [1.82, 2.24) is 9.62 Å². The molecule has 8 heteroatoms. The van der Waals surface area contributed by atoms with Gasteiger partial charge in [0.05, 0.1) is 11.4 Å². The van der Waals surface area contributed by atoms with Crippen molar-refractivity contribution in [3.63, 3.8) is 0 Å². The highest BCUT2D eigenvalue weighted by atomic mass is 32.2. The Hall–Kier alpha value is -1.22. The molecular formula is C17H22N2O3S3. The van der Waals surface area contributed by atoms with Gasteiger partial charge in [-0.05, 0) is 48.9 Å². The summed E-state index contributed by atoms with van der Waals surface area (Å²) in [7, 11) is -0.393. The van der Waals surface area contributed by atoms with E-state index in [0.717, 1.165) is 22.6 Å². The Morgan fingerprint density at radius 3 is 2.80 bits per heavy atom. The summed E-state index contributed by atoms with van der Waals surface area (Å²) in [4.78, 5) is 15.3. The first kappa shape index (κ1) is 18.6. The Balaban J connectivity index is 1.65. The molecule has 136 valence electrons. The van der Waals surface area contributed by atoms with Crippen LogP contribution in [0, 0.1) is 5.92 Å². The summed E-state index contributed by atoms with van der Waals surface area (Å²) in [5, 5.41) is 2.90. The molecule has 2 heterocycles. The number of fused-ring (bicyclic) bond motifs is 1. The van der Waals surface area contributed by atoms with Gasteiger partial charge in [0, 0.05) is 23.8 Å². The van der Waals surface area contributed by atoms with Crippen LogP contribution < -0.4 is 5.32 Å². The van der Waals surface area contributed by atoms with E-state index in [9.17, 15) is 13.2 Å². The highest BCUT2D eigenvalue weighted by Gasteiger charge is 2.22. The molecule has 0 radical (unpaired) electrons. The molecule has 0 bridgehead atoms. The van der Waals surface area contributed by atoms with E-state index in [0.29, 0.717) is 16.7 Å². The van der Waals surface area contributed by atoms with E-state index in [4.69, 9.17) is 0 Å². The smallest absolute Gasteiger partial charge is 0.261 e. The third-order valence-electron chi connectivity index (χ3n) is 4.35. The van der Waals surface area contributed by atoms with Crippen LogP contribution in [0.4, 0.5) is 0 Å². The highest BCUT2D eigenvalue weighted by Crippen LogP contribution is 2.32. The van der Waals surface area contributed by atoms with Gasteiger partial charge >= 0.3 is 0 Å². The normalized spacial score (nSPS) is 17.5. The first-order valence-corrected chi connectivity index (χ1v) is 11.3. The van der Waals surface area contributed by atoms with Crippen LogP contribution in [0.2, 0.25) is 0 Å². The fraction of sp³-hybridized carbons (Fsp3) is 0.471. The fourth-order valence-corrected chi connectivity index (χ4v) is 6.43. The molecule has 0 saturated carbocycles. The standard InChI is InChI=1S/C17H22N2O3S3/c1-11-4-6-14-12(8-11)9-15(24-14)17(20)18-10-13-5-7-16(23-13)25(21,22)19(2)3/h5,7,9,11H,4,6,8,10H2,1-3H3,(H,18,20). The minimum Gasteiger partial charge on any atom is -0.346 e. The van der Waals surface area contributed by atoms with Gasteiger partial charge in [0.25, 0.3) is 15.9 Å². The van der Waals surface area contributed by atoms with E-state index in [1.807, 2.05) is 6.07 Å². The van der Waals surface area contributed by atoms with Crippen LogP contribution in [0.5, 0.6) is 0 Å². The van der Waals surface area contributed by atoms with Crippen molar-refractivity contribution >= 4 is 38.6 Å². The molecule has 1 unspecified atom stereocenters. The number of carbonyl (C=O) groups excluding carboxylic acids is 1. The van der Waals surface area contributed by atoms with Gasteiger partial charge in [-0.15, -0.1) is 22.7 Å². The van der Waals surface area contributed by atoms with Gasteiger partial charge in [-0.1, -0.05) is 6.92 Å². The van der Waals surface area contributed by atoms with Crippen LogP contribution in [0.3, 0.4) is 0 Å². The summed E-state index contributed by atoms with van der Waals surface area (Å²) in [6, 6.07) is 5.36. The second-order valence-electron chi connectivity index (χ2n) is 6.60. The van der Waals surface area contributed by atoms with E-state index in [-0.39, 0.29) is 5.91 Å². The summed E-state index contributed by atoms with van der Waals surface area (Å²) in [5.41, 5.74) is 1.31. The zero-order valence-electron chi connectivity index (χ0n) is 14.5. The number of hydrogen-bond acceptors (Lipinski definition) is 5. The Bertz CT molecular complexity index is 881. The highest BCUT2D eigenvalue weighted by molar-refractivity contribution is 7.91. The van der Waals surface area contributed by atoms with Gasteiger partial charge < -0.3 is 5.32 Å².